The Morgan fingerprint density at radius 2 is 0.493 bits per heavy atom. The highest BCUT2D eigenvalue weighted by molar-refractivity contribution is 5.71. The standard InChI is InChI=1S/C67H120O6/c1-4-7-10-13-16-18-20-22-24-26-28-30-32-33-35-36-38-40-42-44-46-48-51-54-57-60-66(69)72-63-64(62-71-65(68)59-56-53-50-15-12-9-6-3)73-67(70)61-58-55-52-49-47-45-43-41-39-37-34-31-29-27-25-23-21-19-17-14-11-8-5-2/h20-23,26-29,34,37,64H,4-19,24-25,30-33,35-36,38-63H2,1-3H3/b22-20-,23-21-,28-26-,29-27-,37-34-. The van der Waals surface area contributed by atoms with E-state index in [-0.39, 0.29) is 31.1 Å². The lowest BCUT2D eigenvalue weighted by Gasteiger charge is -2.18. The number of carbonyl (C=O) groups excluding carboxylic acids is 3. The summed E-state index contributed by atoms with van der Waals surface area (Å²) in [5.41, 5.74) is 0. The summed E-state index contributed by atoms with van der Waals surface area (Å²) in [4.78, 5) is 38.1. The molecule has 0 saturated heterocycles. The fourth-order valence-electron chi connectivity index (χ4n) is 9.19. The van der Waals surface area contributed by atoms with Crippen LogP contribution in [-0.4, -0.2) is 37.2 Å². The fourth-order valence-corrected chi connectivity index (χ4v) is 9.19. The van der Waals surface area contributed by atoms with Crippen LogP contribution in [0, 0.1) is 0 Å². The summed E-state index contributed by atoms with van der Waals surface area (Å²) in [5, 5.41) is 0. The van der Waals surface area contributed by atoms with E-state index in [1.807, 2.05) is 0 Å². The first kappa shape index (κ1) is 70.1. The second-order valence-corrected chi connectivity index (χ2v) is 21.3. The number of ether oxygens (including phenoxy) is 3. The van der Waals surface area contributed by atoms with Gasteiger partial charge in [0.2, 0.25) is 0 Å². The zero-order valence-corrected chi connectivity index (χ0v) is 48.7. The van der Waals surface area contributed by atoms with Crippen molar-refractivity contribution in [1.82, 2.24) is 0 Å². The molecule has 0 rings (SSSR count). The topological polar surface area (TPSA) is 78.9 Å². The molecule has 0 aromatic heterocycles. The molecule has 0 spiro atoms. The van der Waals surface area contributed by atoms with Crippen LogP contribution in [0.2, 0.25) is 0 Å². The second-order valence-electron chi connectivity index (χ2n) is 21.3. The molecule has 0 aliphatic carbocycles. The number of hydrogen-bond acceptors (Lipinski definition) is 6. The number of rotatable bonds is 58. The Kier molecular flexibility index (Phi) is 59.2. The molecule has 0 amide bonds. The lowest BCUT2D eigenvalue weighted by molar-refractivity contribution is -0.167. The maximum absolute atomic E-state index is 12.9. The van der Waals surface area contributed by atoms with Gasteiger partial charge < -0.3 is 14.2 Å². The number of unbranched alkanes of at least 4 members (excludes halogenated alkanes) is 37. The van der Waals surface area contributed by atoms with Gasteiger partial charge in [0.15, 0.2) is 6.10 Å². The molecule has 1 atom stereocenters. The Labute approximate surface area is 453 Å². The van der Waals surface area contributed by atoms with Crippen molar-refractivity contribution in [2.75, 3.05) is 13.2 Å². The minimum atomic E-state index is -0.776. The number of carbonyl (C=O) groups is 3. The van der Waals surface area contributed by atoms with Crippen molar-refractivity contribution in [2.24, 2.45) is 0 Å². The molecule has 0 radical (unpaired) electrons. The van der Waals surface area contributed by atoms with Crippen LogP contribution in [-0.2, 0) is 28.6 Å². The Morgan fingerprint density at radius 1 is 0.274 bits per heavy atom. The molecule has 0 aliphatic rings. The first-order valence-corrected chi connectivity index (χ1v) is 31.8. The Bertz CT molecular complexity index is 1310. The number of esters is 3. The highest BCUT2D eigenvalue weighted by Crippen LogP contribution is 2.16. The molecule has 6 heteroatoms. The molecule has 6 nitrogen and oxygen atoms in total. The molecule has 0 saturated carbocycles. The highest BCUT2D eigenvalue weighted by Gasteiger charge is 2.19. The second kappa shape index (κ2) is 61.7. The molecule has 0 aromatic rings. The lowest BCUT2D eigenvalue weighted by atomic mass is 10.0. The van der Waals surface area contributed by atoms with E-state index >= 15 is 0 Å². The molecule has 424 valence electrons. The monoisotopic (exact) mass is 1020 g/mol. The average molecular weight is 1020 g/mol. The van der Waals surface area contributed by atoms with Crippen molar-refractivity contribution >= 4 is 17.9 Å². The first-order chi connectivity index (χ1) is 36.0. The van der Waals surface area contributed by atoms with Crippen molar-refractivity contribution < 1.29 is 28.6 Å². The number of hydrogen-bond donors (Lipinski definition) is 0. The Balaban J connectivity index is 4.14. The summed E-state index contributed by atoms with van der Waals surface area (Å²) >= 11 is 0. The normalized spacial score (nSPS) is 12.4. The van der Waals surface area contributed by atoms with Crippen molar-refractivity contribution in [1.29, 1.82) is 0 Å². The summed E-state index contributed by atoms with van der Waals surface area (Å²) < 4.78 is 16.8. The zero-order chi connectivity index (χ0) is 52.9. The van der Waals surface area contributed by atoms with Crippen molar-refractivity contribution in [3.63, 3.8) is 0 Å². The third-order valence-electron chi connectivity index (χ3n) is 14.0. The molecule has 0 fully saturated rings. The van der Waals surface area contributed by atoms with Gasteiger partial charge in [0, 0.05) is 19.3 Å². The van der Waals surface area contributed by atoms with Crippen LogP contribution < -0.4 is 0 Å². The summed E-state index contributed by atoms with van der Waals surface area (Å²) in [6.07, 6.45) is 78.2. The summed E-state index contributed by atoms with van der Waals surface area (Å²) in [6.45, 7) is 6.60. The molecule has 73 heavy (non-hydrogen) atoms. The Hall–Kier alpha value is -2.89. The minimum Gasteiger partial charge on any atom is -0.462 e. The van der Waals surface area contributed by atoms with Gasteiger partial charge in [0.1, 0.15) is 13.2 Å². The van der Waals surface area contributed by atoms with Gasteiger partial charge >= 0.3 is 17.9 Å². The van der Waals surface area contributed by atoms with E-state index in [2.05, 4.69) is 81.5 Å². The van der Waals surface area contributed by atoms with Crippen LogP contribution in [0.25, 0.3) is 0 Å². The van der Waals surface area contributed by atoms with Crippen molar-refractivity contribution in [3.05, 3.63) is 60.8 Å². The number of allylic oxidation sites excluding steroid dienone is 10. The van der Waals surface area contributed by atoms with E-state index in [4.69, 9.17) is 14.2 Å². The van der Waals surface area contributed by atoms with Gasteiger partial charge in [0.05, 0.1) is 0 Å². The predicted molar refractivity (Wildman–Crippen MR) is 316 cm³/mol. The van der Waals surface area contributed by atoms with E-state index in [1.165, 1.54) is 205 Å². The predicted octanol–water partition coefficient (Wildman–Crippen LogP) is 21.6. The summed E-state index contributed by atoms with van der Waals surface area (Å²) in [7, 11) is 0. The quantitative estimate of drug-likeness (QED) is 0.0261. The van der Waals surface area contributed by atoms with Crippen LogP contribution >= 0.6 is 0 Å². The maximum Gasteiger partial charge on any atom is 0.306 e. The SMILES string of the molecule is CCCCCCC/C=C\C/C=C\C/C=C\CCCCCCCCCCC(=O)OC(COC(=O)CCCCCCCCC)COC(=O)CCCCCCCCCCCCCCC/C=C\C/C=C\CCCCCCC. The average Bonchev–Trinajstić information content (AvgIpc) is 3.39. The van der Waals surface area contributed by atoms with Crippen LogP contribution in [0.5, 0.6) is 0 Å². The molecule has 1 unspecified atom stereocenters. The van der Waals surface area contributed by atoms with Gasteiger partial charge in [-0.15, -0.1) is 0 Å². The maximum atomic E-state index is 12.9. The van der Waals surface area contributed by atoms with E-state index in [0.717, 1.165) is 83.5 Å². The van der Waals surface area contributed by atoms with Gasteiger partial charge in [-0.1, -0.05) is 281 Å². The van der Waals surface area contributed by atoms with Gasteiger partial charge in [-0.25, -0.2) is 0 Å². The highest BCUT2D eigenvalue weighted by atomic mass is 16.6. The smallest absolute Gasteiger partial charge is 0.306 e. The van der Waals surface area contributed by atoms with Gasteiger partial charge in [-0.2, -0.15) is 0 Å². The van der Waals surface area contributed by atoms with E-state index in [1.54, 1.807) is 0 Å². The minimum absolute atomic E-state index is 0.0753. The molecule has 0 aromatic carbocycles. The van der Waals surface area contributed by atoms with Crippen molar-refractivity contribution in [3.8, 4) is 0 Å². The molecule has 0 aliphatic heterocycles. The summed E-state index contributed by atoms with van der Waals surface area (Å²) in [5.74, 6) is -0.876. The van der Waals surface area contributed by atoms with Crippen LogP contribution in [0.15, 0.2) is 60.8 Å². The first-order valence-electron chi connectivity index (χ1n) is 31.8. The lowest BCUT2D eigenvalue weighted by Crippen LogP contribution is -2.30. The van der Waals surface area contributed by atoms with E-state index < -0.39 is 6.10 Å². The van der Waals surface area contributed by atoms with Gasteiger partial charge in [0.25, 0.3) is 0 Å². The Morgan fingerprint density at radius 3 is 0.767 bits per heavy atom. The molecular formula is C67H120O6. The third-order valence-corrected chi connectivity index (χ3v) is 14.0. The molecule has 0 N–H and O–H groups in total. The third kappa shape index (κ3) is 59.9. The van der Waals surface area contributed by atoms with Gasteiger partial charge in [-0.05, 0) is 89.9 Å². The van der Waals surface area contributed by atoms with Gasteiger partial charge in [-0.3, -0.25) is 14.4 Å². The van der Waals surface area contributed by atoms with E-state index in [9.17, 15) is 14.4 Å². The zero-order valence-electron chi connectivity index (χ0n) is 48.7. The molecular weight excluding hydrogens is 901 g/mol. The van der Waals surface area contributed by atoms with Crippen LogP contribution in [0.3, 0.4) is 0 Å². The molecule has 0 bridgehead atoms. The van der Waals surface area contributed by atoms with Crippen molar-refractivity contribution in [2.45, 2.75) is 335 Å². The van der Waals surface area contributed by atoms with Crippen LogP contribution in [0.4, 0.5) is 0 Å². The van der Waals surface area contributed by atoms with Crippen LogP contribution in [0.1, 0.15) is 329 Å². The summed E-state index contributed by atoms with van der Waals surface area (Å²) in [6, 6.07) is 0. The van der Waals surface area contributed by atoms with E-state index in [0.29, 0.717) is 19.3 Å². The fraction of sp³-hybridized carbons (Fsp3) is 0.806. The largest absolute Gasteiger partial charge is 0.462 e. The molecule has 0 heterocycles.